The molecule has 0 bridgehead atoms. The van der Waals surface area contributed by atoms with Gasteiger partial charge in [-0.15, -0.1) is 0 Å². The zero-order valence-electron chi connectivity index (χ0n) is 14.8. The highest BCUT2D eigenvalue weighted by Crippen LogP contribution is 2.30. The second-order valence-electron chi connectivity index (χ2n) is 6.19. The van der Waals surface area contributed by atoms with Gasteiger partial charge in [-0.25, -0.2) is 9.59 Å². The van der Waals surface area contributed by atoms with Crippen LogP contribution in [0.5, 0.6) is 0 Å². The first-order valence-corrected chi connectivity index (χ1v) is 8.55. The van der Waals surface area contributed by atoms with E-state index in [1.165, 1.54) is 7.11 Å². The summed E-state index contributed by atoms with van der Waals surface area (Å²) in [7, 11) is 1.27. The molecule has 0 unspecified atom stereocenters. The van der Waals surface area contributed by atoms with E-state index in [4.69, 9.17) is 4.74 Å². The Hall–Kier alpha value is -3.41. The highest BCUT2D eigenvalue weighted by molar-refractivity contribution is 6.11. The minimum absolute atomic E-state index is 0.132. The molecule has 2 N–H and O–H groups in total. The van der Waals surface area contributed by atoms with Crippen LogP contribution in [-0.4, -0.2) is 30.1 Å². The maximum absolute atomic E-state index is 12.6. The lowest BCUT2D eigenvalue weighted by atomic mass is 10.0. The Morgan fingerprint density at radius 1 is 0.963 bits per heavy atom. The summed E-state index contributed by atoms with van der Waals surface area (Å²) in [5.41, 5.74) is 2.62. The minimum Gasteiger partial charge on any atom is -0.478 e. The quantitative estimate of drug-likeness (QED) is 0.789. The number of benzene rings is 2. The summed E-state index contributed by atoms with van der Waals surface area (Å²) >= 11 is 0. The van der Waals surface area contributed by atoms with Gasteiger partial charge in [-0.05, 0) is 42.5 Å². The number of methoxy groups -OCH3 is 1. The fraction of sp³-hybridized carbons (Fsp3) is 0.190. The van der Waals surface area contributed by atoms with Crippen molar-refractivity contribution in [3.05, 3.63) is 65.2 Å². The number of esters is 1. The van der Waals surface area contributed by atoms with Gasteiger partial charge in [0, 0.05) is 11.1 Å². The van der Waals surface area contributed by atoms with Crippen LogP contribution in [0.4, 0.5) is 5.69 Å². The van der Waals surface area contributed by atoms with Crippen LogP contribution in [0.15, 0.2) is 59.7 Å². The van der Waals surface area contributed by atoms with E-state index in [1.807, 2.05) is 30.3 Å². The average Bonchev–Trinajstić information content (AvgIpc) is 3.19. The molecule has 1 amide bonds. The SMILES string of the molecule is COC(=O)c1cc(-c2ccccc2)ccc1NC(=O)C1=C(C(=O)O)CCC1. The summed E-state index contributed by atoms with van der Waals surface area (Å²) in [5.74, 6) is -2.16. The Bertz CT molecular complexity index is 931. The molecular formula is C21H19NO5. The molecule has 0 fully saturated rings. The number of carboxylic acids is 1. The maximum atomic E-state index is 12.6. The van der Waals surface area contributed by atoms with Gasteiger partial charge in [0.05, 0.1) is 18.4 Å². The molecular weight excluding hydrogens is 346 g/mol. The van der Waals surface area contributed by atoms with Gasteiger partial charge in [-0.3, -0.25) is 4.79 Å². The normalized spacial score (nSPS) is 13.4. The standard InChI is InChI=1S/C21H19NO5/c1-27-21(26)17-12-14(13-6-3-2-4-7-13)10-11-18(17)22-19(23)15-8-5-9-16(15)20(24)25/h2-4,6-7,10-12H,5,8-9H2,1H3,(H,22,23)(H,24,25). The predicted molar refractivity (Wildman–Crippen MR) is 100 cm³/mol. The summed E-state index contributed by atoms with van der Waals surface area (Å²) in [6.07, 6.45) is 1.40. The van der Waals surface area contributed by atoms with E-state index in [2.05, 4.69) is 5.32 Å². The monoisotopic (exact) mass is 365 g/mol. The van der Waals surface area contributed by atoms with Gasteiger partial charge in [0.1, 0.15) is 0 Å². The van der Waals surface area contributed by atoms with Gasteiger partial charge in [0.2, 0.25) is 0 Å². The molecule has 2 aromatic rings. The molecule has 1 aliphatic carbocycles. The van der Waals surface area contributed by atoms with Crippen LogP contribution in [0.2, 0.25) is 0 Å². The van der Waals surface area contributed by atoms with Crippen molar-refractivity contribution >= 4 is 23.5 Å². The first kappa shape index (κ1) is 18.4. The maximum Gasteiger partial charge on any atom is 0.339 e. The van der Waals surface area contributed by atoms with Crippen molar-refractivity contribution in [3.8, 4) is 11.1 Å². The van der Waals surface area contributed by atoms with Gasteiger partial charge < -0.3 is 15.2 Å². The molecule has 0 saturated carbocycles. The summed E-state index contributed by atoms with van der Waals surface area (Å²) in [6.45, 7) is 0. The fourth-order valence-corrected chi connectivity index (χ4v) is 3.17. The van der Waals surface area contributed by atoms with E-state index < -0.39 is 17.8 Å². The zero-order chi connectivity index (χ0) is 19.4. The predicted octanol–water partition coefficient (Wildman–Crippen LogP) is 3.64. The first-order chi connectivity index (χ1) is 13.0. The largest absolute Gasteiger partial charge is 0.478 e. The van der Waals surface area contributed by atoms with Crippen molar-refractivity contribution in [2.45, 2.75) is 19.3 Å². The first-order valence-electron chi connectivity index (χ1n) is 8.55. The third-order valence-corrected chi connectivity index (χ3v) is 4.53. The highest BCUT2D eigenvalue weighted by Gasteiger charge is 2.26. The molecule has 0 atom stereocenters. The van der Waals surface area contributed by atoms with Gasteiger partial charge in [-0.1, -0.05) is 36.4 Å². The van der Waals surface area contributed by atoms with Gasteiger partial charge in [-0.2, -0.15) is 0 Å². The summed E-state index contributed by atoms with van der Waals surface area (Å²) in [5, 5.41) is 11.9. The van der Waals surface area contributed by atoms with Crippen molar-refractivity contribution in [1.29, 1.82) is 0 Å². The Kier molecular flexibility index (Phi) is 5.35. The van der Waals surface area contributed by atoms with E-state index in [9.17, 15) is 19.5 Å². The molecule has 0 aliphatic heterocycles. The van der Waals surface area contributed by atoms with Crippen LogP contribution in [0.3, 0.4) is 0 Å². The van der Waals surface area contributed by atoms with Crippen LogP contribution in [0, 0.1) is 0 Å². The molecule has 27 heavy (non-hydrogen) atoms. The van der Waals surface area contributed by atoms with Gasteiger partial charge in [0.15, 0.2) is 0 Å². The summed E-state index contributed by atoms with van der Waals surface area (Å²) in [6, 6.07) is 14.6. The Morgan fingerprint density at radius 2 is 1.67 bits per heavy atom. The molecule has 0 spiro atoms. The topological polar surface area (TPSA) is 92.7 Å². The third-order valence-electron chi connectivity index (χ3n) is 4.53. The fourth-order valence-electron chi connectivity index (χ4n) is 3.17. The van der Waals surface area contributed by atoms with E-state index in [0.717, 1.165) is 11.1 Å². The lowest BCUT2D eigenvalue weighted by Gasteiger charge is -2.13. The van der Waals surface area contributed by atoms with Crippen molar-refractivity contribution in [1.82, 2.24) is 0 Å². The molecule has 2 aromatic carbocycles. The average molecular weight is 365 g/mol. The number of hydrogen-bond donors (Lipinski definition) is 2. The number of hydrogen-bond acceptors (Lipinski definition) is 4. The highest BCUT2D eigenvalue weighted by atomic mass is 16.5. The van der Waals surface area contributed by atoms with Crippen molar-refractivity contribution in [3.63, 3.8) is 0 Å². The second kappa shape index (κ2) is 7.86. The Labute approximate surface area is 156 Å². The van der Waals surface area contributed by atoms with E-state index in [0.29, 0.717) is 19.3 Å². The van der Waals surface area contributed by atoms with Gasteiger partial charge in [0.25, 0.3) is 5.91 Å². The summed E-state index contributed by atoms with van der Waals surface area (Å²) < 4.78 is 4.84. The van der Waals surface area contributed by atoms with Crippen molar-refractivity contribution in [2.75, 3.05) is 12.4 Å². The van der Waals surface area contributed by atoms with E-state index in [-0.39, 0.29) is 22.4 Å². The second-order valence-corrected chi connectivity index (χ2v) is 6.19. The van der Waals surface area contributed by atoms with Crippen LogP contribution >= 0.6 is 0 Å². The molecule has 6 heteroatoms. The summed E-state index contributed by atoms with van der Waals surface area (Å²) in [4.78, 5) is 36.1. The Balaban J connectivity index is 1.95. The third kappa shape index (κ3) is 3.89. The number of amides is 1. The number of carbonyl (C=O) groups excluding carboxylic acids is 2. The van der Waals surface area contributed by atoms with E-state index >= 15 is 0 Å². The molecule has 6 nitrogen and oxygen atoms in total. The number of carbonyl (C=O) groups is 3. The van der Waals surface area contributed by atoms with Crippen molar-refractivity contribution < 1.29 is 24.2 Å². The lowest BCUT2D eigenvalue weighted by molar-refractivity contribution is -0.133. The van der Waals surface area contributed by atoms with Crippen LogP contribution < -0.4 is 5.32 Å². The number of carboxylic acid groups (broad SMARTS) is 1. The number of ether oxygens (including phenoxy) is 1. The van der Waals surface area contributed by atoms with Crippen LogP contribution in [-0.2, 0) is 14.3 Å². The zero-order valence-corrected chi connectivity index (χ0v) is 14.8. The van der Waals surface area contributed by atoms with E-state index in [1.54, 1.807) is 18.2 Å². The van der Waals surface area contributed by atoms with Crippen LogP contribution in [0.1, 0.15) is 29.6 Å². The molecule has 0 radical (unpaired) electrons. The van der Waals surface area contributed by atoms with Gasteiger partial charge >= 0.3 is 11.9 Å². The molecule has 1 aliphatic rings. The number of aliphatic carboxylic acids is 1. The smallest absolute Gasteiger partial charge is 0.339 e. The molecule has 0 aromatic heterocycles. The van der Waals surface area contributed by atoms with Crippen molar-refractivity contribution in [2.24, 2.45) is 0 Å². The molecule has 0 heterocycles. The lowest BCUT2D eigenvalue weighted by Crippen LogP contribution is -2.18. The molecule has 3 rings (SSSR count). The number of rotatable bonds is 5. The number of nitrogens with one attached hydrogen (secondary N) is 1. The minimum atomic E-state index is -1.08. The molecule has 138 valence electrons. The Morgan fingerprint density at radius 3 is 2.33 bits per heavy atom. The number of anilines is 1. The molecule has 0 saturated heterocycles. The van der Waals surface area contributed by atoms with Crippen LogP contribution in [0.25, 0.3) is 11.1 Å².